The Bertz CT molecular complexity index is 831. The number of methoxy groups -OCH3 is 1. The van der Waals surface area contributed by atoms with Crippen LogP contribution < -0.4 is 4.74 Å². The predicted molar refractivity (Wildman–Crippen MR) is 95.8 cm³/mol. The van der Waals surface area contributed by atoms with Gasteiger partial charge in [0.2, 0.25) is 0 Å². The van der Waals surface area contributed by atoms with E-state index in [-0.39, 0.29) is 12.9 Å². The molecule has 1 aromatic carbocycles. The zero-order chi connectivity index (χ0) is 18.2. The van der Waals surface area contributed by atoms with E-state index in [9.17, 15) is 4.79 Å². The van der Waals surface area contributed by atoms with Gasteiger partial charge in [-0.25, -0.2) is 0 Å². The molecule has 0 radical (unpaired) electrons. The van der Waals surface area contributed by atoms with Crippen molar-refractivity contribution < 1.29 is 23.4 Å². The Morgan fingerprint density at radius 1 is 1.23 bits per heavy atom. The minimum atomic E-state index is -0.378. The number of hydrogen-bond acceptors (Lipinski definition) is 6. The second-order valence-corrected chi connectivity index (χ2v) is 5.73. The van der Waals surface area contributed by atoms with E-state index >= 15 is 0 Å². The Morgan fingerprint density at radius 3 is 2.85 bits per heavy atom. The maximum Gasteiger partial charge on any atom is 0.189 e. The van der Waals surface area contributed by atoms with E-state index in [2.05, 4.69) is 4.98 Å². The molecule has 1 unspecified atom stereocenters. The third-order valence-corrected chi connectivity index (χ3v) is 3.99. The normalized spacial score (nSPS) is 12.2. The topological polar surface area (TPSA) is 70.8 Å². The molecule has 6 heteroatoms. The highest BCUT2D eigenvalue weighted by Gasteiger charge is 2.24. The van der Waals surface area contributed by atoms with Crippen molar-refractivity contribution in [2.45, 2.75) is 25.6 Å². The van der Waals surface area contributed by atoms with E-state index in [4.69, 9.17) is 18.6 Å². The first-order valence-corrected chi connectivity index (χ1v) is 8.40. The fourth-order valence-electron chi connectivity index (χ4n) is 2.72. The molecule has 2 aromatic heterocycles. The van der Waals surface area contributed by atoms with E-state index in [1.54, 1.807) is 19.5 Å². The molecular weight excluding hydrogens is 334 g/mol. The number of benzene rings is 1. The van der Waals surface area contributed by atoms with Gasteiger partial charge < -0.3 is 23.4 Å². The zero-order valence-corrected chi connectivity index (χ0v) is 14.6. The molecule has 2 heterocycles. The first kappa shape index (κ1) is 18.1. The maximum absolute atomic E-state index is 10.7. The number of carbonyl (C=O) groups is 1. The SMILES string of the molecule is COC(CCC=O)c1oc2cnccc2c1OCOCc1ccccc1. The van der Waals surface area contributed by atoms with Crippen LogP contribution in [0.3, 0.4) is 0 Å². The molecule has 0 aliphatic heterocycles. The van der Waals surface area contributed by atoms with Crippen molar-refractivity contribution in [1.82, 2.24) is 4.98 Å². The number of nitrogens with zero attached hydrogens (tertiary/aromatic N) is 1. The number of rotatable bonds is 10. The number of aldehydes is 1. The lowest BCUT2D eigenvalue weighted by Gasteiger charge is -2.14. The number of fused-ring (bicyclic) bond motifs is 1. The lowest BCUT2D eigenvalue weighted by atomic mass is 10.1. The Balaban J connectivity index is 1.74. The van der Waals surface area contributed by atoms with Crippen molar-refractivity contribution in [3.05, 3.63) is 60.1 Å². The number of hydrogen-bond donors (Lipinski definition) is 0. The quantitative estimate of drug-likeness (QED) is 0.310. The minimum absolute atomic E-state index is 0.0724. The van der Waals surface area contributed by atoms with Crippen LogP contribution in [-0.4, -0.2) is 25.2 Å². The van der Waals surface area contributed by atoms with Crippen LogP contribution >= 0.6 is 0 Å². The van der Waals surface area contributed by atoms with Crippen LogP contribution in [0.15, 0.2) is 53.2 Å². The summed E-state index contributed by atoms with van der Waals surface area (Å²) in [4.78, 5) is 14.8. The number of pyridine rings is 1. The first-order chi connectivity index (χ1) is 12.8. The summed E-state index contributed by atoms with van der Waals surface area (Å²) in [6.07, 6.45) is 4.67. The Morgan fingerprint density at radius 2 is 2.08 bits per heavy atom. The molecule has 0 bridgehead atoms. The average molecular weight is 355 g/mol. The van der Waals surface area contributed by atoms with Gasteiger partial charge in [0.1, 0.15) is 12.4 Å². The Labute approximate surface area is 151 Å². The smallest absolute Gasteiger partial charge is 0.189 e. The van der Waals surface area contributed by atoms with Crippen LogP contribution in [0.2, 0.25) is 0 Å². The average Bonchev–Trinajstić information content (AvgIpc) is 3.05. The zero-order valence-electron chi connectivity index (χ0n) is 14.6. The molecule has 0 spiro atoms. The molecule has 0 aliphatic rings. The van der Waals surface area contributed by atoms with Gasteiger partial charge in [-0.1, -0.05) is 30.3 Å². The Kier molecular flexibility index (Phi) is 6.35. The molecule has 0 amide bonds. The summed E-state index contributed by atoms with van der Waals surface area (Å²) in [5.41, 5.74) is 1.67. The van der Waals surface area contributed by atoms with Crippen molar-refractivity contribution in [1.29, 1.82) is 0 Å². The molecular formula is C20H21NO5. The van der Waals surface area contributed by atoms with Gasteiger partial charge in [-0.05, 0) is 18.1 Å². The van der Waals surface area contributed by atoms with Crippen LogP contribution in [0.4, 0.5) is 0 Å². The third-order valence-electron chi connectivity index (χ3n) is 3.99. The van der Waals surface area contributed by atoms with Crippen LogP contribution in [0.5, 0.6) is 5.75 Å². The first-order valence-electron chi connectivity index (χ1n) is 8.40. The summed E-state index contributed by atoms with van der Waals surface area (Å²) >= 11 is 0. The van der Waals surface area contributed by atoms with E-state index in [0.29, 0.717) is 36.5 Å². The summed E-state index contributed by atoms with van der Waals surface area (Å²) in [5.74, 6) is 1.11. The number of carbonyl (C=O) groups excluding carboxylic acids is 1. The molecule has 0 fully saturated rings. The highest BCUT2D eigenvalue weighted by atomic mass is 16.7. The summed E-state index contributed by atoms with van der Waals surface area (Å²) in [7, 11) is 1.58. The standard InChI is InChI=1S/C20H21NO5/c1-23-17(8-5-11-22)20-19(16-9-10-21-12-18(16)26-20)25-14-24-13-15-6-3-2-4-7-15/h2-4,6-7,9-12,17H,5,8,13-14H2,1H3. The monoisotopic (exact) mass is 355 g/mol. The highest BCUT2D eigenvalue weighted by Crippen LogP contribution is 2.39. The van der Waals surface area contributed by atoms with Gasteiger partial charge in [-0.15, -0.1) is 0 Å². The molecule has 3 rings (SSSR count). The summed E-state index contributed by atoms with van der Waals surface area (Å²) in [5, 5.41) is 0.798. The molecule has 0 aliphatic carbocycles. The van der Waals surface area contributed by atoms with E-state index in [0.717, 1.165) is 17.2 Å². The largest absolute Gasteiger partial charge is 0.463 e. The molecule has 0 saturated carbocycles. The number of ether oxygens (including phenoxy) is 3. The lowest BCUT2D eigenvalue weighted by molar-refractivity contribution is -0.108. The fraction of sp³-hybridized carbons (Fsp3) is 0.300. The van der Waals surface area contributed by atoms with Crippen molar-refractivity contribution >= 4 is 17.3 Å². The van der Waals surface area contributed by atoms with Gasteiger partial charge in [0.05, 0.1) is 18.2 Å². The highest BCUT2D eigenvalue weighted by molar-refractivity contribution is 5.84. The van der Waals surface area contributed by atoms with Crippen LogP contribution in [0.25, 0.3) is 11.0 Å². The van der Waals surface area contributed by atoms with Crippen molar-refractivity contribution in [2.24, 2.45) is 0 Å². The molecule has 0 saturated heterocycles. The van der Waals surface area contributed by atoms with Gasteiger partial charge in [-0.2, -0.15) is 0 Å². The van der Waals surface area contributed by atoms with Crippen molar-refractivity contribution in [3.63, 3.8) is 0 Å². The van der Waals surface area contributed by atoms with Crippen LogP contribution in [0, 0.1) is 0 Å². The van der Waals surface area contributed by atoms with Gasteiger partial charge in [-0.3, -0.25) is 4.98 Å². The molecule has 1 atom stereocenters. The summed E-state index contributed by atoms with van der Waals surface area (Å²) in [6.45, 7) is 0.523. The van der Waals surface area contributed by atoms with Crippen molar-refractivity contribution in [2.75, 3.05) is 13.9 Å². The van der Waals surface area contributed by atoms with Gasteiger partial charge >= 0.3 is 0 Å². The summed E-state index contributed by atoms with van der Waals surface area (Å²) in [6, 6.07) is 11.7. The number of aromatic nitrogens is 1. The van der Waals surface area contributed by atoms with E-state index in [1.807, 2.05) is 36.4 Å². The minimum Gasteiger partial charge on any atom is -0.463 e. The lowest BCUT2D eigenvalue weighted by Crippen LogP contribution is -2.07. The third kappa shape index (κ3) is 4.28. The van der Waals surface area contributed by atoms with Gasteiger partial charge in [0.15, 0.2) is 23.9 Å². The van der Waals surface area contributed by atoms with Crippen LogP contribution in [-0.2, 0) is 20.9 Å². The molecule has 26 heavy (non-hydrogen) atoms. The second kappa shape index (κ2) is 9.12. The van der Waals surface area contributed by atoms with Crippen molar-refractivity contribution in [3.8, 4) is 5.75 Å². The van der Waals surface area contributed by atoms with Gasteiger partial charge in [0, 0.05) is 19.7 Å². The molecule has 136 valence electrons. The van der Waals surface area contributed by atoms with Gasteiger partial charge in [0.25, 0.3) is 0 Å². The molecule has 0 N–H and O–H groups in total. The maximum atomic E-state index is 10.7. The fourth-order valence-corrected chi connectivity index (χ4v) is 2.72. The van der Waals surface area contributed by atoms with E-state index < -0.39 is 0 Å². The predicted octanol–water partition coefficient (Wildman–Crippen LogP) is 4.05. The van der Waals surface area contributed by atoms with E-state index in [1.165, 1.54) is 0 Å². The number of furan rings is 1. The van der Waals surface area contributed by atoms with Crippen LogP contribution in [0.1, 0.15) is 30.3 Å². The summed E-state index contributed by atoms with van der Waals surface area (Å²) < 4.78 is 22.8. The Hall–Kier alpha value is -2.70. The molecule has 6 nitrogen and oxygen atoms in total. The molecule has 3 aromatic rings. The second-order valence-electron chi connectivity index (χ2n) is 5.73.